The first kappa shape index (κ1) is 10.6. The molecule has 0 amide bonds. The van der Waals surface area contributed by atoms with Crippen LogP contribution in [0, 0.1) is 5.82 Å². The van der Waals surface area contributed by atoms with Gasteiger partial charge in [0, 0.05) is 10.4 Å². The Morgan fingerprint density at radius 1 is 1.46 bits per heavy atom. The molecule has 0 aliphatic rings. The van der Waals surface area contributed by atoms with E-state index in [4.69, 9.17) is 10.0 Å². The van der Waals surface area contributed by atoms with Crippen molar-refractivity contribution in [1.82, 2.24) is 0 Å². The van der Waals surface area contributed by atoms with Gasteiger partial charge in [-0.05, 0) is 17.9 Å². The van der Waals surface area contributed by atoms with Crippen molar-refractivity contribution >= 4 is 24.3 Å². The molecule has 0 bridgehead atoms. The van der Waals surface area contributed by atoms with Gasteiger partial charge in [-0.1, -0.05) is 13.0 Å². The summed E-state index contributed by atoms with van der Waals surface area (Å²) in [7, 11) is -1.74. The predicted octanol–water partition coefficient (Wildman–Crippen LogP) is 0.617. The molecule has 0 heterocycles. The molecule has 0 spiro atoms. The summed E-state index contributed by atoms with van der Waals surface area (Å²) in [6, 6.07) is 4.37. The molecule has 1 aromatic rings. The van der Waals surface area contributed by atoms with Crippen LogP contribution in [0.15, 0.2) is 23.1 Å². The van der Waals surface area contributed by atoms with Crippen molar-refractivity contribution in [3.63, 3.8) is 0 Å². The quantitative estimate of drug-likeness (QED) is 0.555. The van der Waals surface area contributed by atoms with E-state index in [1.165, 1.54) is 23.9 Å². The Bertz CT molecular complexity index is 293. The van der Waals surface area contributed by atoms with E-state index in [0.717, 1.165) is 10.6 Å². The van der Waals surface area contributed by atoms with Gasteiger partial charge in [0.15, 0.2) is 0 Å². The molecular weight excluding hydrogens is 190 g/mol. The molecule has 2 nitrogen and oxygen atoms in total. The highest BCUT2D eigenvalue weighted by molar-refractivity contribution is 7.99. The Labute approximate surface area is 80.9 Å². The number of hydrogen-bond donors (Lipinski definition) is 2. The molecule has 0 saturated heterocycles. The molecule has 0 atom stereocenters. The molecule has 1 aromatic carbocycles. The second-order valence-corrected chi connectivity index (χ2v) is 3.83. The van der Waals surface area contributed by atoms with Crippen molar-refractivity contribution in [2.45, 2.75) is 11.8 Å². The van der Waals surface area contributed by atoms with Crippen molar-refractivity contribution in [3.05, 3.63) is 24.0 Å². The molecule has 0 fully saturated rings. The second-order valence-electron chi connectivity index (χ2n) is 2.49. The average molecular weight is 200 g/mol. The van der Waals surface area contributed by atoms with Gasteiger partial charge in [0.1, 0.15) is 5.82 Å². The van der Waals surface area contributed by atoms with E-state index in [1.54, 1.807) is 6.07 Å². The zero-order chi connectivity index (χ0) is 9.84. The second kappa shape index (κ2) is 4.65. The van der Waals surface area contributed by atoms with E-state index in [-0.39, 0.29) is 5.46 Å². The number of thioether (sulfide) groups is 1. The third-order valence-electron chi connectivity index (χ3n) is 1.56. The first-order valence-electron chi connectivity index (χ1n) is 3.93. The van der Waals surface area contributed by atoms with Gasteiger partial charge in [0.25, 0.3) is 0 Å². The lowest BCUT2D eigenvalue weighted by molar-refractivity contribution is 0.423. The minimum absolute atomic E-state index is 0.0829. The van der Waals surface area contributed by atoms with E-state index in [2.05, 4.69) is 0 Å². The minimum atomic E-state index is -1.74. The van der Waals surface area contributed by atoms with Crippen LogP contribution in [-0.4, -0.2) is 22.9 Å². The first-order chi connectivity index (χ1) is 6.15. The maximum atomic E-state index is 13.1. The summed E-state index contributed by atoms with van der Waals surface area (Å²) < 4.78 is 13.1. The van der Waals surface area contributed by atoms with Gasteiger partial charge in [-0.3, -0.25) is 0 Å². The lowest BCUT2D eigenvalue weighted by Gasteiger charge is -2.03. The Morgan fingerprint density at radius 3 is 2.62 bits per heavy atom. The maximum absolute atomic E-state index is 13.1. The summed E-state index contributed by atoms with van der Waals surface area (Å²) in [6.07, 6.45) is 0. The van der Waals surface area contributed by atoms with Crippen LogP contribution in [0.1, 0.15) is 6.92 Å². The van der Waals surface area contributed by atoms with Crippen molar-refractivity contribution < 1.29 is 14.4 Å². The zero-order valence-electron chi connectivity index (χ0n) is 7.20. The number of hydrogen-bond acceptors (Lipinski definition) is 3. The van der Waals surface area contributed by atoms with Crippen LogP contribution < -0.4 is 5.46 Å². The topological polar surface area (TPSA) is 40.5 Å². The molecule has 5 heteroatoms. The van der Waals surface area contributed by atoms with Crippen LogP contribution in [0.4, 0.5) is 4.39 Å². The van der Waals surface area contributed by atoms with E-state index in [0.29, 0.717) is 0 Å². The molecule has 0 aliphatic heterocycles. The van der Waals surface area contributed by atoms with Gasteiger partial charge in [-0.2, -0.15) is 0 Å². The summed E-state index contributed by atoms with van der Waals surface area (Å²) in [4.78, 5) is 0.796. The van der Waals surface area contributed by atoms with Crippen molar-refractivity contribution in [1.29, 1.82) is 0 Å². The fourth-order valence-electron chi connectivity index (χ4n) is 0.974. The third-order valence-corrected chi connectivity index (χ3v) is 2.44. The normalized spacial score (nSPS) is 10.2. The highest BCUT2D eigenvalue weighted by Gasteiger charge is 2.16. The van der Waals surface area contributed by atoms with E-state index in [1.807, 2.05) is 6.92 Å². The standard InChI is InChI=1S/C8H10BFO2S/c1-2-13-6-3-4-7(9(11)12)8(10)5-6/h3-5,11-12H,2H2,1H3. The SMILES string of the molecule is CCSc1ccc(B(O)O)c(F)c1. The van der Waals surface area contributed by atoms with E-state index in [9.17, 15) is 4.39 Å². The number of benzene rings is 1. The van der Waals surface area contributed by atoms with Crippen LogP contribution in [-0.2, 0) is 0 Å². The predicted molar refractivity (Wildman–Crippen MR) is 52.6 cm³/mol. The van der Waals surface area contributed by atoms with Gasteiger partial charge in [-0.25, -0.2) is 4.39 Å². The molecule has 0 aromatic heterocycles. The van der Waals surface area contributed by atoms with E-state index >= 15 is 0 Å². The summed E-state index contributed by atoms with van der Waals surface area (Å²) in [6.45, 7) is 1.97. The molecule has 13 heavy (non-hydrogen) atoms. The summed E-state index contributed by atoms with van der Waals surface area (Å²) >= 11 is 1.51. The van der Waals surface area contributed by atoms with Gasteiger partial charge in [0.05, 0.1) is 0 Å². The van der Waals surface area contributed by atoms with E-state index < -0.39 is 12.9 Å². The highest BCUT2D eigenvalue weighted by Crippen LogP contribution is 2.16. The molecule has 2 N–H and O–H groups in total. The molecule has 0 radical (unpaired) electrons. The Hall–Kier alpha value is -0.515. The summed E-state index contributed by atoms with van der Waals surface area (Å²) in [5.41, 5.74) is -0.0829. The fourth-order valence-corrected chi connectivity index (χ4v) is 1.66. The van der Waals surface area contributed by atoms with Gasteiger partial charge >= 0.3 is 7.12 Å². The zero-order valence-corrected chi connectivity index (χ0v) is 8.01. The number of halogens is 1. The third kappa shape index (κ3) is 2.72. The van der Waals surface area contributed by atoms with Crippen molar-refractivity contribution in [2.24, 2.45) is 0 Å². The van der Waals surface area contributed by atoms with Crippen LogP contribution in [0.25, 0.3) is 0 Å². The van der Waals surface area contributed by atoms with Gasteiger partial charge in [0.2, 0.25) is 0 Å². The van der Waals surface area contributed by atoms with Crippen LogP contribution in [0.3, 0.4) is 0 Å². The summed E-state index contributed by atoms with van der Waals surface area (Å²) in [5.74, 6) is 0.286. The molecule has 0 unspecified atom stereocenters. The van der Waals surface area contributed by atoms with Crippen LogP contribution in [0.5, 0.6) is 0 Å². The smallest absolute Gasteiger partial charge is 0.423 e. The fraction of sp³-hybridized carbons (Fsp3) is 0.250. The Balaban J connectivity index is 2.92. The largest absolute Gasteiger partial charge is 0.491 e. The minimum Gasteiger partial charge on any atom is -0.423 e. The monoisotopic (exact) mass is 200 g/mol. The maximum Gasteiger partial charge on any atom is 0.491 e. The van der Waals surface area contributed by atoms with Gasteiger partial charge < -0.3 is 10.0 Å². The lowest BCUT2D eigenvalue weighted by atomic mass is 9.80. The Kier molecular flexibility index (Phi) is 3.78. The molecular formula is C8H10BFO2S. The van der Waals surface area contributed by atoms with Crippen molar-refractivity contribution in [3.8, 4) is 0 Å². The molecule has 0 saturated carbocycles. The lowest BCUT2D eigenvalue weighted by Crippen LogP contribution is -2.32. The summed E-state index contributed by atoms with van der Waals surface area (Å²) in [5, 5.41) is 17.5. The highest BCUT2D eigenvalue weighted by atomic mass is 32.2. The van der Waals surface area contributed by atoms with Crippen molar-refractivity contribution in [2.75, 3.05) is 5.75 Å². The van der Waals surface area contributed by atoms with Gasteiger partial charge in [-0.15, -0.1) is 11.8 Å². The molecule has 70 valence electrons. The Morgan fingerprint density at radius 2 is 2.15 bits per heavy atom. The van der Waals surface area contributed by atoms with Crippen LogP contribution >= 0.6 is 11.8 Å². The molecule has 1 rings (SSSR count). The number of rotatable bonds is 3. The first-order valence-corrected chi connectivity index (χ1v) is 4.92. The molecule has 0 aliphatic carbocycles. The average Bonchev–Trinajstić information content (AvgIpc) is 2.04. The van der Waals surface area contributed by atoms with Crippen LogP contribution in [0.2, 0.25) is 0 Å².